The van der Waals surface area contributed by atoms with Gasteiger partial charge in [0.05, 0.1) is 12.3 Å². The van der Waals surface area contributed by atoms with Crippen molar-refractivity contribution in [2.24, 2.45) is 0 Å². The molecule has 1 unspecified atom stereocenters. The van der Waals surface area contributed by atoms with Crippen LogP contribution in [0, 0.1) is 13.8 Å². The number of urea groups is 1. The number of aryl methyl sites for hydroxylation is 3. The van der Waals surface area contributed by atoms with E-state index in [-0.39, 0.29) is 12.1 Å². The van der Waals surface area contributed by atoms with E-state index >= 15 is 0 Å². The maximum atomic E-state index is 12.2. The van der Waals surface area contributed by atoms with Gasteiger partial charge in [0.2, 0.25) is 0 Å². The van der Waals surface area contributed by atoms with Crippen molar-refractivity contribution in [3.05, 3.63) is 53.0 Å². The lowest BCUT2D eigenvalue weighted by Gasteiger charge is -2.23. The number of hydrogen-bond donors (Lipinski definition) is 2. The first kappa shape index (κ1) is 13.7. The molecule has 0 aliphatic heterocycles. The normalized spacial score (nSPS) is 17.1. The summed E-state index contributed by atoms with van der Waals surface area (Å²) in [5.74, 6) is 0.998. The SMILES string of the molecule is Cc1cc(C)cc(NC(=O)NC2CCCc3occc32)c1. The molecule has 0 saturated heterocycles. The Kier molecular flexibility index (Phi) is 3.69. The number of carbonyl (C=O) groups is 1. The highest BCUT2D eigenvalue weighted by Gasteiger charge is 2.23. The van der Waals surface area contributed by atoms with Crippen molar-refractivity contribution >= 4 is 11.7 Å². The third-order valence-electron chi connectivity index (χ3n) is 3.84. The van der Waals surface area contributed by atoms with E-state index < -0.39 is 0 Å². The van der Waals surface area contributed by atoms with Crippen molar-refractivity contribution in [2.45, 2.75) is 39.2 Å². The second-order valence-electron chi connectivity index (χ2n) is 5.72. The second kappa shape index (κ2) is 5.64. The molecule has 0 saturated carbocycles. The molecule has 21 heavy (non-hydrogen) atoms. The Bertz CT molecular complexity index is 640. The first-order chi connectivity index (χ1) is 10.1. The van der Waals surface area contributed by atoms with Crippen LogP contribution in [-0.4, -0.2) is 6.03 Å². The Hall–Kier alpha value is -2.23. The summed E-state index contributed by atoms with van der Waals surface area (Å²) in [5, 5.41) is 5.95. The molecule has 0 fully saturated rings. The van der Waals surface area contributed by atoms with Crippen molar-refractivity contribution in [1.29, 1.82) is 0 Å². The van der Waals surface area contributed by atoms with Gasteiger partial charge in [-0.15, -0.1) is 0 Å². The predicted molar refractivity (Wildman–Crippen MR) is 82.5 cm³/mol. The molecule has 2 amide bonds. The molecule has 1 aliphatic rings. The molecule has 0 spiro atoms. The van der Waals surface area contributed by atoms with Crippen LogP contribution < -0.4 is 10.6 Å². The van der Waals surface area contributed by atoms with Crippen molar-refractivity contribution in [3.8, 4) is 0 Å². The molecule has 4 nitrogen and oxygen atoms in total. The number of rotatable bonds is 2. The van der Waals surface area contributed by atoms with Gasteiger partial charge >= 0.3 is 6.03 Å². The van der Waals surface area contributed by atoms with Gasteiger partial charge in [-0.25, -0.2) is 4.79 Å². The summed E-state index contributed by atoms with van der Waals surface area (Å²) in [5.41, 5.74) is 4.21. The minimum Gasteiger partial charge on any atom is -0.469 e. The Morgan fingerprint density at radius 3 is 2.76 bits per heavy atom. The van der Waals surface area contributed by atoms with Gasteiger partial charge in [0.15, 0.2) is 0 Å². The molecule has 0 radical (unpaired) electrons. The average molecular weight is 284 g/mol. The van der Waals surface area contributed by atoms with Gasteiger partial charge in [-0.2, -0.15) is 0 Å². The average Bonchev–Trinajstić information content (AvgIpc) is 2.86. The fourth-order valence-corrected chi connectivity index (χ4v) is 3.01. The van der Waals surface area contributed by atoms with E-state index in [4.69, 9.17) is 4.42 Å². The number of nitrogens with one attached hydrogen (secondary N) is 2. The number of furan rings is 1. The predicted octanol–water partition coefficient (Wildman–Crippen LogP) is 4.10. The lowest BCUT2D eigenvalue weighted by molar-refractivity contribution is 0.246. The largest absolute Gasteiger partial charge is 0.469 e. The van der Waals surface area contributed by atoms with Gasteiger partial charge in [-0.05, 0) is 56.0 Å². The summed E-state index contributed by atoms with van der Waals surface area (Å²) in [4.78, 5) is 12.2. The molecular weight excluding hydrogens is 264 g/mol. The number of benzene rings is 1. The van der Waals surface area contributed by atoms with Crippen LogP contribution >= 0.6 is 0 Å². The number of hydrogen-bond acceptors (Lipinski definition) is 2. The lowest BCUT2D eigenvalue weighted by atomic mass is 9.93. The van der Waals surface area contributed by atoms with Gasteiger partial charge in [0.1, 0.15) is 5.76 Å². The zero-order chi connectivity index (χ0) is 14.8. The van der Waals surface area contributed by atoms with E-state index in [0.717, 1.165) is 47.4 Å². The molecule has 110 valence electrons. The molecule has 3 rings (SSSR count). The number of amides is 2. The Morgan fingerprint density at radius 1 is 1.24 bits per heavy atom. The zero-order valence-corrected chi connectivity index (χ0v) is 12.4. The molecule has 1 aromatic carbocycles. The highest BCUT2D eigenvalue weighted by atomic mass is 16.3. The molecular formula is C17H20N2O2. The zero-order valence-electron chi connectivity index (χ0n) is 12.4. The van der Waals surface area contributed by atoms with Crippen molar-refractivity contribution < 1.29 is 9.21 Å². The van der Waals surface area contributed by atoms with Gasteiger partial charge in [-0.3, -0.25) is 0 Å². The van der Waals surface area contributed by atoms with E-state index in [9.17, 15) is 4.79 Å². The summed E-state index contributed by atoms with van der Waals surface area (Å²) in [6.07, 6.45) is 4.65. The van der Waals surface area contributed by atoms with E-state index in [0.29, 0.717) is 0 Å². The van der Waals surface area contributed by atoms with E-state index in [1.807, 2.05) is 32.0 Å². The van der Waals surface area contributed by atoms with E-state index in [1.165, 1.54) is 0 Å². The van der Waals surface area contributed by atoms with Crippen molar-refractivity contribution in [1.82, 2.24) is 5.32 Å². The molecule has 1 aliphatic carbocycles. The molecule has 2 N–H and O–H groups in total. The standard InChI is InChI=1S/C17H20N2O2/c1-11-8-12(2)10-13(9-11)18-17(20)19-15-4-3-5-16-14(15)6-7-21-16/h6-10,15H,3-5H2,1-2H3,(H2,18,19,20). The summed E-state index contributed by atoms with van der Waals surface area (Å²) in [7, 11) is 0. The molecule has 1 heterocycles. The highest BCUT2D eigenvalue weighted by molar-refractivity contribution is 5.89. The van der Waals surface area contributed by atoms with Crippen LogP contribution in [0.4, 0.5) is 10.5 Å². The van der Waals surface area contributed by atoms with Crippen LogP contribution in [0.1, 0.15) is 41.3 Å². The fraction of sp³-hybridized carbons (Fsp3) is 0.353. The summed E-state index contributed by atoms with van der Waals surface area (Å²) in [6.45, 7) is 4.05. The molecule has 4 heteroatoms. The van der Waals surface area contributed by atoms with Crippen LogP contribution in [-0.2, 0) is 6.42 Å². The lowest BCUT2D eigenvalue weighted by Crippen LogP contribution is -2.34. The quantitative estimate of drug-likeness (QED) is 0.872. The summed E-state index contributed by atoms with van der Waals surface area (Å²) >= 11 is 0. The monoisotopic (exact) mass is 284 g/mol. The third-order valence-corrected chi connectivity index (χ3v) is 3.84. The first-order valence-electron chi connectivity index (χ1n) is 7.34. The maximum absolute atomic E-state index is 12.2. The molecule has 1 aromatic heterocycles. The minimum absolute atomic E-state index is 0.0402. The molecule has 2 aromatic rings. The Balaban J connectivity index is 1.68. The van der Waals surface area contributed by atoms with Gasteiger partial charge in [-0.1, -0.05) is 6.07 Å². The Morgan fingerprint density at radius 2 is 2.00 bits per heavy atom. The minimum atomic E-state index is -0.168. The fourth-order valence-electron chi connectivity index (χ4n) is 3.01. The third kappa shape index (κ3) is 3.10. The van der Waals surface area contributed by atoms with Crippen molar-refractivity contribution in [3.63, 3.8) is 0 Å². The van der Waals surface area contributed by atoms with Gasteiger partial charge in [0, 0.05) is 17.7 Å². The van der Waals surface area contributed by atoms with E-state index in [2.05, 4.69) is 16.7 Å². The van der Waals surface area contributed by atoms with Crippen LogP contribution in [0.5, 0.6) is 0 Å². The topological polar surface area (TPSA) is 54.3 Å². The second-order valence-corrected chi connectivity index (χ2v) is 5.72. The highest BCUT2D eigenvalue weighted by Crippen LogP contribution is 2.30. The van der Waals surface area contributed by atoms with Crippen LogP contribution in [0.3, 0.4) is 0 Å². The summed E-state index contributed by atoms with van der Waals surface area (Å²) < 4.78 is 5.45. The summed E-state index contributed by atoms with van der Waals surface area (Å²) in [6, 6.07) is 7.85. The molecule has 1 atom stereocenters. The van der Waals surface area contributed by atoms with Crippen LogP contribution in [0.25, 0.3) is 0 Å². The van der Waals surface area contributed by atoms with E-state index in [1.54, 1.807) is 6.26 Å². The van der Waals surface area contributed by atoms with Crippen LogP contribution in [0.2, 0.25) is 0 Å². The smallest absolute Gasteiger partial charge is 0.319 e. The number of anilines is 1. The molecule has 0 bridgehead atoms. The van der Waals surface area contributed by atoms with Gasteiger partial charge in [0.25, 0.3) is 0 Å². The number of fused-ring (bicyclic) bond motifs is 1. The maximum Gasteiger partial charge on any atom is 0.319 e. The Labute approximate surface area is 124 Å². The first-order valence-corrected chi connectivity index (χ1v) is 7.34. The van der Waals surface area contributed by atoms with Crippen molar-refractivity contribution in [2.75, 3.05) is 5.32 Å². The number of carbonyl (C=O) groups excluding carboxylic acids is 1. The van der Waals surface area contributed by atoms with Crippen LogP contribution in [0.15, 0.2) is 34.9 Å². The van der Waals surface area contributed by atoms with Gasteiger partial charge < -0.3 is 15.1 Å².